The molecule has 0 radical (unpaired) electrons. The minimum Gasteiger partial charge on any atom is -0.354 e. The van der Waals surface area contributed by atoms with Crippen LogP contribution in [0.25, 0.3) is 5.52 Å². The molecule has 1 saturated heterocycles. The number of nitrogens with two attached hydrogens (primary N) is 1. The summed E-state index contributed by atoms with van der Waals surface area (Å²) in [4.78, 5) is 6.78. The molecule has 1 saturated carbocycles. The van der Waals surface area contributed by atoms with Gasteiger partial charge >= 0.3 is 0 Å². The van der Waals surface area contributed by atoms with E-state index in [9.17, 15) is 5.26 Å². The number of nitriles is 1. The zero-order chi connectivity index (χ0) is 16.2. The fourth-order valence-corrected chi connectivity index (χ4v) is 4.29. The van der Waals surface area contributed by atoms with Gasteiger partial charge in [-0.2, -0.15) is 10.4 Å². The summed E-state index contributed by atoms with van der Waals surface area (Å²) in [6.07, 6.45) is 3.92. The molecule has 0 unspecified atom stereocenters. The van der Waals surface area contributed by atoms with Gasteiger partial charge in [-0.25, -0.2) is 13.8 Å². The highest BCUT2D eigenvalue weighted by atomic mass is 32.2. The Hall–Kier alpha value is -1.82. The van der Waals surface area contributed by atoms with Crippen LogP contribution in [0.2, 0.25) is 0 Å². The molecule has 23 heavy (non-hydrogen) atoms. The Kier molecular flexibility index (Phi) is 3.27. The first-order valence-electron chi connectivity index (χ1n) is 7.65. The molecule has 2 N–H and O–H groups in total. The van der Waals surface area contributed by atoms with E-state index in [1.165, 1.54) is 31.3 Å². The molecule has 0 aromatic carbocycles. The van der Waals surface area contributed by atoms with E-state index in [4.69, 9.17) is 5.14 Å². The molecule has 2 aliphatic rings. The topological polar surface area (TPSA) is 86.5 Å². The van der Waals surface area contributed by atoms with Crippen LogP contribution in [-0.2, 0) is 0 Å². The van der Waals surface area contributed by atoms with Gasteiger partial charge in [0, 0.05) is 36.7 Å². The number of fused-ring (bicyclic) bond motifs is 1. The second-order valence-electron chi connectivity index (χ2n) is 6.74. The van der Waals surface area contributed by atoms with Crippen molar-refractivity contribution in [3.05, 3.63) is 23.7 Å². The maximum Gasteiger partial charge on any atom is 0.156 e. The fourth-order valence-electron chi connectivity index (χ4n) is 3.97. The maximum atomic E-state index is 9.22. The van der Waals surface area contributed by atoms with Crippen LogP contribution in [0.5, 0.6) is 0 Å². The normalized spacial score (nSPS) is 19.9. The van der Waals surface area contributed by atoms with Crippen LogP contribution in [0.1, 0.15) is 24.1 Å². The molecule has 1 spiro atoms. The van der Waals surface area contributed by atoms with Crippen molar-refractivity contribution >= 4 is 23.5 Å². The zero-order valence-electron chi connectivity index (χ0n) is 13.2. The number of aromatic nitrogens is 3. The Balaban J connectivity index is 1.55. The molecule has 1 aliphatic carbocycles. The first kappa shape index (κ1) is 14.8. The smallest absolute Gasteiger partial charge is 0.156 e. The fraction of sp³-hybridized carbons (Fsp3) is 0.533. The third kappa shape index (κ3) is 2.11. The Morgan fingerprint density at radius 2 is 2.22 bits per heavy atom. The molecule has 2 aromatic heterocycles. The average Bonchev–Trinajstić information content (AvgIpc) is 2.81. The quantitative estimate of drug-likeness (QED) is 0.850. The minimum absolute atomic E-state index is 0.412. The van der Waals surface area contributed by atoms with Crippen LogP contribution in [0.15, 0.2) is 12.4 Å². The molecular formula is C15H19N7S. The van der Waals surface area contributed by atoms with E-state index in [0.29, 0.717) is 17.2 Å². The van der Waals surface area contributed by atoms with Crippen LogP contribution < -0.4 is 10.0 Å². The molecule has 0 amide bonds. The van der Waals surface area contributed by atoms with Crippen molar-refractivity contribution in [2.75, 3.05) is 25.0 Å². The third-order valence-corrected chi connectivity index (χ3v) is 5.84. The SMILES string of the molecule is Cc1cc(C#N)n2ncnc(N3CC4(CC(N(C)SN)C4)C3)c12. The van der Waals surface area contributed by atoms with Gasteiger partial charge in [0.1, 0.15) is 23.6 Å². The van der Waals surface area contributed by atoms with E-state index < -0.39 is 0 Å². The largest absolute Gasteiger partial charge is 0.354 e. The Morgan fingerprint density at radius 3 is 2.87 bits per heavy atom. The summed E-state index contributed by atoms with van der Waals surface area (Å²) in [7, 11) is 2.06. The van der Waals surface area contributed by atoms with Crippen molar-refractivity contribution in [3.8, 4) is 6.07 Å². The van der Waals surface area contributed by atoms with E-state index >= 15 is 0 Å². The van der Waals surface area contributed by atoms with Gasteiger partial charge in [-0.1, -0.05) is 0 Å². The van der Waals surface area contributed by atoms with Crippen LogP contribution in [0.3, 0.4) is 0 Å². The molecule has 2 aromatic rings. The number of anilines is 1. The van der Waals surface area contributed by atoms with Crippen LogP contribution in [0, 0.1) is 23.7 Å². The maximum absolute atomic E-state index is 9.22. The lowest BCUT2D eigenvalue weighted by Gasteiger charge is -2.60. The van der Waals surface area contributed by atoms with Crippen molar-refractivity contribution in [2.45, 2.75) is 25.8 Å². The molecule has 8 heteroatoms. The molecule has 120 valence electrons. The van der Waals surface area contributed by atoms with Crippen LogP contribution in [0.4, 0.5) is 5.82 Å². The monoisotopic (exact) mass is 329 g/mol. The number of hydrogen-bond acceptors (Lipinski definition) is 7. The Labute approximate surface area is 139 Å². The van der Waals surface area contributed by atoms with E-state index in [0.717, 1.165) is 30.0 Å². The van der Waals surface area contributed by atoms with Crippen molar-refractivity contribution < 1.29 is 0 Å². The Morgan fingerprint density at radius 1 is 1.48 bits per heavy atom. The second-order valence-corrected chi connectivity index (χ2v) is 7.52. The van der Waals surface area contributed by atoms with Gasteiger partial charge in [0.05, 0.1) is 0 Å². The minimum atomic E-state index is 0.412. The van der Waals surface area contributed by atoms with Crippen LogP contribution >= 0.6 is 12.1 Å². The molecule has 4 rings (SSSR count). The van der Waals surface area contributed by atoms with E-state index in [1.54, 1.807) is 4.52 Å². The summed E-state index contributed by atoms with van der Waals surface area (Å²) >= 11 is 1.32. The molecule has 2 fully saturated rings. The molecule has 0 atom stereocenters. The van der Waals surface area contributed by atoms with Crippen LogP contribution in [-0.4, -0.2) is 45.1 Å². The van der Waals surface area contributed by atoms with Gasteiger partial charge in [-0.3, -0.25) is 5.14 Å². The lowest BCUT2D eigenvalue weighted by Crippen LogP contribution is -2.66. The summed E-state index contributed by atoms with van der Waals surface area (Å²) in [6.45, 7) is 4.04. The lowest BCUT2D eigenvalue weighted by molar-refractivity contribution is 0.0240. The standard InChI is InChI=1S/C15H19N7S/c1-10-3-11(6-16)22-13(10)14(18-9-19-22)21-7-15(8-21)4-12(5-15)20(2)23-17/h3,9,12H,4-5,7-8,17H2,1-2H3. The predicted octanol–water partition coefficient (Wildman–Crippen LogP) is 1.33. The van der Waals surface area contributed by atoms with Gasteiger partial charge in [0.15, 0.2) is 5.82 Å². The molecule has 0 bridgehead atoms. The highest BCUT2D eigenvalue weighted by Crippen LogP contribution is 2.52. The highest BCUT2D eigenvalue weighted by molar-refractivity contribution is 7.94. The van der Waals surface area contributed by atoms with E-state index in [-0.39, 0.29) is 0 Å². The van der Waals surface area contributed by atoms with E-state index in [2.05, 4.69) is 32.4 Å². The number of rotatable bonds is 3. The molecule has 3 heterocycles. The number of hydrogen-bond donors (Lipinski definition) is 1. The molecule has 1 aliphatic heterocycles. The van der Waals surface area contributed by atoms with Crippen molar-refractivity contribution in [1.29, 1.82) is 5.26 Å². The van der Waals surface area contributed by atoms with Gasteiger partial charge in [-0.05, 0) is 38.4 Å². The Bertz CT molecular complexity index is 794. The first-order valence-corrected chi connectivity index (χ1v) is 8.49. The summed E-state index contributed by atoms with van der Waals surface area (Å²) in [6, 6.07) is 4.64. The average molecular weight is 329 g/mol. The zero-order valence-corrected chi connectivity index (χ0v) is 14.0. The number of aryl methyl sites for hydroxylation is 1. The van der Waals surface area contributed by atoms with Gasteiger partial charge in [0.25, 0.3) is 0 Å². The number of nitrogens with zero attached hydrogens (tertiary/aromatic N) is 6. The van der Waals surface area contributed by atoms with E-state index in [1.807, 2.05) is 13.0 Å². The summed E-state index contributed by atoms with van der Waals surface area (Å²) in [5.41, 5.74) is 2.96. The highest BCUT2D eigenvalue weighted by Gasteiger charge is 2.54. The van der Waals surface area contributed by atoms with Crippen molar-refractivity contribution in [1.82, 2.24) is 18.9 Å². The van der Waals surface area contributed by atoms with Crippen molar-refractivity contribution in [2.24, 2.45) is 10.6 Å². The summed E-state index contributed by atoms with van der Waals surface area (Å²) in [5, 5.41) is 19.1. The lowest BCUT2D eigenvalue weighted by atomic mass is 9.60. The summed E-state index contributed by atoms with van der Waals surface area (Å²) < 4.78 is 3.85. The third-order valence-electron chi connectivity index (χ3n) is 5.21. The molecular weight excluding hydrogens is 310 g/mol. The van der Waals surface area contributed by atoms with Crippen molar-refractivity contribution in [3.63, 3.8) is 0 Å². The van der Waals surface area contributed by atoms with Gasteiger partial charge < -0.3 is 4.90 Å². The second kappa shape index (κ2) is 5.09. The summed E-state index contributed by atoms with van der Waals surface area (Å²) in [5.74, 6) is 0.939. The first-order chi connectivity index (χ1) is 11.1. The predicted molar refractivity (Wildman–Crippen MR) is 89.6 cm³/mol. The van der Waals surface area contributed by atoms with Gasteiger partial charge in [0.2, 0.25) is 0 Å². The van der Waals surface area contributed by atoms with Gasteiger partial charge in [-0.15, -0.1) is 0 Å². The molecule has 7 nitrogen and oxygen atoms in total.